The van der Waals surface area contributed by atoms with Gasteiger partial charge in [-0.05, 0) is 24.7 Å². The van der Waals surface area contributed by atoms with Crippen molar-refractivity contribution in [2.24, 2.45) is 5.41 Å². The molecular weight excluding hydrogens is 300 g/mol. The molecule has 6 nitrogen and oxygen atoms in total. The summed E-state index contributed by atoms with van der Waals surface area (Å²) in [5.41, 5.74) is -0.00125. The Labute approximate surface area is 140 Å². The first kappa shape index (κ1) is 24.1. The molecule has 0 heterocycles. The maximum Gasteiger partial charge on any atom is 0.305 e. The molecule has 0 fully saturated rings. The highest BCUT2D eigenvalue weighted by Crippen LogP contribution is 2.13. The molecule has 0 spiro atoms. The van der Waals surface area contributed by atoms with Crippen LogP contribution in [0.15, 0.2) is 0 Å². The van der Waals surface area contributed by atoms with Gasteiger partial charge in [-0.3, -0.25) is 9.59 Å². The summed E-state index contributed by atoms with van der Waals surface area (Å²) < 4.78 is 10.2. The van der Waals surface area contributed by atoms with Gasteiger partial charge in [0.15, 0.2) is 0 Å². The molecule has 0 amide bonds. The molecule has 0 radical (unpaired) electrons. The second kappa shape index (κ2) is 15.7. The maximum atomic E-state index is 11.4. The van der Waals surface area contributed by atoms with E-state index in [1.54, 1.807) is 0 Å². The summed E-state index contributed by atoms with van der Waals surface area (Å²) in [5.74, 6) is -0.356. The van der Waals surface area contributed by atoms with Crippen LogP contribution in [0.25, 0.3) is 0 Å². The predicted octanol–water partition coefficient (Wildman–Crippen LogP) is 2.45. The Bertz CT molecular complexity index is 294. The number of rotatable bonds is 10. The molecule has 0 bridgehead atoms. The first-order valence-corrected chi connectivity index (χ1v) is 8.29. The van der Waals surface area contributed by atoms with Crippen molar-refractivity contribution in [1.82, 2.24) is 0 Å². The van der Waals surface area contributed by atoms with Gasteiger partial charge < -0.3 is 19.7 Å². The van der Waals surface area contributed by atoms with Crippen LogP contribution >= 0.6 is 0 Å². The molecule has 0 aromatic heterocycles. The average molecular weight is 334 g/mol. The van der Waals surface area contributed by atoms with Crippen molar-refractivity contribution >= 4 is 11.9 Å². The summed E-state index contributed by atoms with van der Waals surface area (Å²) in [5, 5.41) is 15.2. The number of carbonyl (C=O) groups is 2. The lowest BCUT2D eigenvalue weighted by molar-refractivity contribution is -0.147. The van der Waals surface area contributed by atoms with Gasteiger partial charge in [-0.1, -0.05) is 34.1 Å². The zero-order valence-corrected chi connectivity index (χ0v) is 15.1. The van der Waals surface area contributed by atoms with Crippen LogP contribution in [0.2, 0.25) is 0 Å². The van der Waals surface area contributed by atoms with Gasteiger partial charge in [-0.25, -0.2) is 0 Å². The minimum absolute atomic E-state index is 0.00125. The lowest BCUT2D eigenvalue weighted by atomic mass is 9.99. The van der Waals surface area contributed by atoms with Crippen LogP contribution in [0, 0.1) is 5.41 Å². The van der Waals surface area contributed by atoms with Crippen LogP contribution in [0.5, 0.6) is 0 Å². The average Bonchev–Trinajstić information content (AvgIpc) is 2.49. The van der Waals surface area contributed by atoms with E-state index < -0.39 is 0 Å². The van der Waals surface area contributed by atoms with Gasteiger partial charge in [0, 0.05) is 12.8 Å². The van der Waals surface area contributed by atoms with Gasteiger partial charge in [-0.2, -0.15) is 0 Å². The maximum absolute atomic E-state index is 11.4. The number of hydrogen-bond acceptors (Lipinski definition) is 6. The predicted molar refractivity (Wildman–Crippen MR) is 88.9 cm³/mol. The molecule has 23 heavy (non-hydrogen) atoms. The molecule has 0 aromatic rings. The zero-order chi connectivity index (χ0) is 18.1. The number of aliphatic hydroxyl groups is 2. The van der Waals surface area contributed by atoms with Crippen molar-refractivity contribution < 1.29 is 29.3 Å². The van der Waals surface area contributed by atoms with Gasteiger partial charge in [0.25, 0.3) is 0 Å². The van der Waals surface area contributed by atoms with Crippen molar-refractivity contribution in [3.8, 4) is 0 Å². The van der Waals surface area contributed by atoms with Gasteiger partial charge in [0.1, 0.15) is 0 Å². The van der Waals surface area contributed by atoms with Crippen molar-refractivity contribution in [1.29, 1.82) is 0 Å². The fraction of sp³-hybridized carbons (Fsp3) is 0.882. The Morgan fingerprint density at radius 3 is 1.74 bits per heavy atom. The lowest BCUT2D eigenvalue weighted by Crippen LogP contribution is -2.18. The Kier molecular flexibility index (Phi) is 16.5. The standard InChI is InChI=1S/C15H28O4.C2H6O2/c1-5-6-11-18-13(16)9-7-8-10-14(17)19-12-15(2,3)4;3-1-2-4/h5-12H2,1-4H3;3-4H,1-2H2. The summed E-state index contributed by atoms with van der Waals surface area (Å²) >= 11 is 0. The van der Waals surface area contributed by atoms with Gasteiger partial charge in [-0.15, -0.1) is 0 Å². The van der Waals surface area contributed by atoms with Crippen molar-refractivity contribution in [3.05, 3.63) is 0 Å². The molecule has 0 unspecified atom stereocenters. The Hall–Kier alpha value is -1.14. The second-order valence-corrected chi connectivity index (χ2v) is 6.45. The van der Waals surface area contributed by atoms with E-state index in [1.165, 1.54) is 0 Å². The minimum atomic E-state index is -0.186. The van der Waals surface area contributed by atoms with Crippen molar-refractivity contribution in [2.75, 3.05) is 26.4 Å². The van der Waals surface area contributed by atoms with Gasteiger partial charge in [0.2, 0.25) is 0 Å². The van der Waals surface area contributed by atoms with E-state index in [-0.39, 0.29) is 30.6 Å². The highest BCUT2D eigenvalue weighted by molar-refractivity contribution is 5.70. The number of aliphatic hydroxyl groups excluding tert-OH is 2. The third kappa shape index (κ3) is 23.3. The monoisotopic (exact) mass is 334 g/mol. The first-order valence-electron chi connectivity index (χ1n) is 8.29. The fourth-order valence-corrected chi connectivity index (χ4v) is 1.31. The van der Waals surface area contributed by atoms with Crippen molar-refractivity contribution in [3.63, 3.8) is 0 Å². The molecule has 0 aliphatic carbocycles. The Morgan fingerprint density at radius 2 is 1.35 bits per heavy atom. The smallest absolute Gasteiger partial charge is 0.305 e. The fourth-order valence-electron chi connectivity index (χ4n) is 1.31. The van der Waals surface area contributed by atoms with Gasteiger partial charge >= 0.3 is 11.9 Å². The molecule has 0 aliphatic heterocycles. The normalized spacial score (nSPS) is 10.5. The van der Waals surface area contributed by atoms with Crippen LogP contribution in [-0.4, -0.2) is 48.6 Å². The van der Waals surface area contributed by atoms with Gasteiger partial charge in [0.05, 0.1) is 26.4 Å². The zero-order valence-electron chi connectivity index (χ0n) is 15.1. The Balaban J connectivity index is 0. The Morgan fingerprint density at radius 1 is 0.870 bits per heavy atom. The number of carbonyl (C=O) groups excluding carboxylic acids is 2. The number of unbranched alkanes of at least 4 members (excludes halogenated alkanes) is 2. The van der Waals surface area contributed by atoms with E-state index in [4.69, 9.17) is 19.7 Å². The summed E-state index contributed by atoms with van der Waals surface area (Å²) in [6.45, 7) is 8.80. The van der Waals surface area contributed by atoms with E-state index in [1.807, 2.05) is 20.8 Å². The second-order valence-electron chi connectivity index (χ2n) is 6.45. The van der Waals surface area contributed by atoms with Crippen LogP contribution in [-0.2, 0) is 19.1 Å². The molecule has 0 atom stereocenters. The molecule has 138 valence electrons. The largest absolute Gasteiger partial charge is 0.466 e. The molecule has 0 saturated carbocycles. The molecule has 0 rings (SSSR count). The highest BCUT2D eigenvalue weighted by atomic mass is 16.5. The SMILES string of the molecule is CCCCOC(=O)CCCCC(=O)OCC(C)(C)C.OCCO. The number of esters is 2. The van der Waals surface area contributed by atoms with Crippen LogP contribution in [0.4, 0.5) is 0 Å². The van der Waals surface area contributed by atoms with Crippen LogP contribution < -0.4 is 0 Å². The summed E-state index contributed by atoms with van der Waals surface area (Å²) in [7, 11) is 0. The topological polar surface area (TPSA) is 93.1 Å². The van der Waals surface area contributed by atoms with Crippen molar-refractivity contribution in [2.45, 2.75) is 66.2 Å². The van der Waals surface area contributed by atoms with E-state index in [0.29, 0.717) is 38.9 Å². The highest BCUT2D eigenvalue weighted by Gasteiger charge is 2.13. The molecule has 0 saturated heterocycles. The van der Waals surface area contributed by atoms with E-state index >= 15 is 0 Å². The summed E-state index contributed by atoms with van der Waals surface area (Å²) in [6, 6.07) is 0. The van der Waals surface area contributed by atoms with Crippen LogP contribution in [0.1, 0.15) is 66.2 Å². The first-order chi connectivity index (χ1) is 10.8. The summed E-state index contributed by atoms with van der Waals surface area (Å²) in [6.07, 6.45) is 4.04. The molecule has 0 aliphatic rings. The molecule has 6 heteroatoms. The molecule has 2 N–H and O–H groups in total. The lowest BCUT2D eigenvalue weighted by Gasteiger charge is -2.17. The third-order valence-electron chi connectivity index (χ3n) is 2.54. The quantitative estimate of drug-likeness (QED) is 0.471. The van der Waals surface area contributed by atoms with E-state index in [2.05, 4.69) is 6.92 Å². The van der Waals surface area contributed by atoms with E-state index in [9.17, 15) is 9.59 Å². The third-order valence-corrected chi connectivity index (χ3v) is 2.54. The molecular formula is C17H34O6. The number of ether oxygens (including phenoxy) is 2. The van der Waals surface area contributed by atoms with Crippen LogP contribution in [0.3, 0.4) is 0 Å². The number of hydrogen-bond donors (Lipinski definition) is 2. The minimum Gasteiger partial charge on any atom is -0.466 e. The molecule has 0 aromatic carbocycles. The van der Waals surface area contributed by atoms with E-state index in [0.717, 1.165) is 12.8 Å². The summed E-state index contributed by atoms with van der Waals surface area (Å²) in [4.78, 5) is 22.7.